The van der Waals surface area contributed by atoms with Crippen molar-refractivity contribution in [1.29, 1.82) is 0 Å². The van der Waals surface area contributed by atoms with Crippen molar-refractivity contribution in [1.82, 2.24) is 4.98 Å². The lowest BCUT2D eigenvalue weighted by Crippen LogP contribution is -2.17. The molecule has 1 aromatic heterocycles. The highest BCUT2D eigenvalue weighted by Gasteiger charge is 2.15. The molecule has 0 radical (unpaired) electrons. The van der Waals surface area contributed by atoms with E-state index in [1.165, 1.54) is 13.1 Å². The molecule has 0 aliphatic heterocycles. The van der Waals surface area contributed by atoms with Gasteiger partial charge in [-0.05, 0) is 18.2 Å². The molecule has 0 atom stereocenters. The van der Waals surface area contributed by atoms with Gasteiger partial charge in [-0.2, -0.15) is 0 Å². The Morgan fingerprint density at radius 2 is 1.72 bits per heavy atom. The molecule has 2 amide bonds. The number of hydrogen-bond acceptors (Lipinski definition) is 10. The number of amides is 2. The van der Waals surface area contributed by atoms with Gasteiger partial charge in [0.1, 0.15) is 5.00 Å². The monoisotopic (exact) mass is 466 g/mol. The molecule has 0 aliphatic rings. The van der Waals surface area contributed by atoms with Crippen LogP contribution in [0.15, 0.2) is 24.4 Å². The van der Waals surface area contributed by atoms with Crippen LogP contribution in [0.3, 0.4) is 0 Å². The number of aromatic nitrogens is 1. The van der Waals surface area contributed by atoms with Gasteiger partial charge in [0.15, 0.2) is 5.13 Å². The maximum Gasteiger partial charge on any atom is 0.259 e. The van der Waals surface area contributed by atoms with Crippen LogP contribution < -0.4 is 27.4 Å². The van der Waals surface area contributed by atoms with Crippen LogP contribution in [0.2, 0.25) is 0 Å². The molecule has 2 aromatic rings. The Bertz CT molecular complexity index is 863. The number of carbonyl (C=O) groups excluding carboxylic acids is 2. The van der Waals surface area contributed by atoms with Crippen LogP contribution in [0, 0.1) is 0 Å². The second-order valence-electron chi connectivity index (χ2n) is 6.52. The van der Waals surface area contributed by atoms with Gasteiger partial charge in [0, 0.05) is 25.7 Å². The third kappa shape index (κ3) is 9.58. The summed E-state index contributed by atoms with van der Waals surface area (Å²) in [7, 11) is 0. The number of hydrogen-bond donors (Lipinski definition) is 5. The van der Waals surface area contributed by atoms with E-state index in [9.17, 15) is 9.59 Å². The van der Waals surface area contributed by atoms with Gasteiger partial charge in [-0.15, -0.1) is 0 Å². The zero-order valence-electron chi connectivity index (χ0n) is 18.0. The maximum absolute atomic E-state index is 12.6. The molecule has 0 aliphatic carbocycles. The topological polar surface area (TPSA) is 163 Å². The fourth-order valence-electron chi connectivity index (χ4n) is 2.55. The van der Waals surface area contributed by atoms with Crippen molar-refractivity contribution in [2.75, 3.05) is 74.4 Å². The Morgan fingerprint density at radius 1 is 1.03 bits per heavy atom. The number of rotatable bonds is 15. The first-order chi connectivity index (χ1) is 15.5. The minimum atomic E-state index is -0.397. The van der Waals surface area contributed by atoms with E-state index in [1.807, 2.05) is 0 Å². The van der Waals surface area contributed by atoms with Gasteiger partial charge < -0.3 is 36.3 Å². The van der Waals surface area contributed by atoms with E-state index in [0.29, 0.717) is 74.1 Å². The predicted octanol–water partition coefficient (Wildman–Crippen LogP) is 1.36. The van der Waals surface area contributed by atoms with Gasteiger partial charge in [0.2, 0.25) is 5.91 Å². The second kappa shape index (κ2) is 14.3. The number of benzene rings is 1. The number of nitrogens with two attached hydrogens (primary N) is 2. The van der Waals surface area contributed by atoms with Gasteiger partial charge in [-0.1, -0.05) is 11.3 Å². The molecule has 0 spiro atoms. The van der Waals surface area contributed by atoms with Crippen molar-refractivity contribution >= 4 is 44.7 Å². The number of nitrogens with one attached hydrogen (secondary N) is 3. The highest BCUT2D eigenvalue weighted by molar-refractivity contribution is 7.19. The summed E-state index contributed by atoms with van der Waals surface area (Å²) in [5.41, 5.74) is 12.4. The van der Waals surface area contributed by atoms with E-state index in [1.54, 1.807) is 18.2 Å². The van der Waals surface area contributed by atoms with Crippen molar-refractivity contribution in [2.45, 2.75) is 6.92 Å². The average Bonchev–Trinajstić information content (AvgIpc) is 3.16. The molecule has 1 heterocycles. The van der Waals surface area contributed by atoms with Crippen molar-refractivity contribution in [3.63, 3.8) is 0 Å². The largest absolute Gasteiger partial charge is 0.389 e. The smallest absolute Gasteiger partial charge is 0.259 e. The van der Waals surface area contributed by atoms with Crippen molar-refractivity contribution in [3.8, 4) is 0 Å². The average molecular weight is 467 g/mol. The quantitative estimate of drug-likeness (QED) is 0.244. The van der Waals surface area contributed by atoms with E-state index in [2.05, 4.69) is 20.9 Å². The lowest BCUT2D eigenvalue weighted by atomic mass is 10.1. The summed E-state index contributed by atoms with van der Waals surface area (Å²) < 4.78 is 16.1. The van der Waals surface area contributed by atoms with Gasteiger partial charge in [0.05, 0.1) is 57.1 Å². The number of ether oxygens (including phenoxy) is 3. The third-order valence-corrected chi connectivity index (χ3v) is 4.64. The minimum absolute atomic E-state index is 0.286. The second-order valence-corrected chi connectivity index (χ2v) is 7.58. The molecule has 7 N–H and O–H groups in total. The molecule has 0 saturated heterocycles. The molecular weight excluding hydrogens is 436 g/mol. The highest BCUT2D eigenvalue weighted by Crippen LogP contribution is 2.24. The van der Waals surface area contributed by atoms with Crippen LogP contribution in [0.25, 0.3) is 0 Å². The number of thiazole rings is 1. The Balaban J connectivity index is 1.77. The van der Waals surface area contributed by atoms with Crippen LogP contribution in [-0.2, 0) is 19.0 Å². The summed E-state index contributed by atoms with van der Waals surface area (Å²) in [5, 5.41) is 9.43. The van der Waals surface area contributed by atoms with Crippen LogP contribution in [0.5, 0.6) is 0 Å². The van der Waals surface area contributed by atoms with Crippen LogP contribution in [-0.4, -0.2) is 69.5 Å². The lowest BCUT2D eigenvalue weighted by Gasteiger charge is -2.13. The van der Waals surface area contributed by atoms with Crippen LogP contribution in [0.4, 0.5) is 21.5 Å². The van der Waals surface area contributed by atoms with Crippen LogP contribution >= 0.6 is 11.3 Å². The first-order valence-electron chi connectivity index (χ1n) is 10.1. The highest BCUT2D eigenvalue weighted by atomic mass is 32.1. The van der Waals surface area contributed by atoms with Crippen LogP contribution in [0.1, 0.15) is 17.3 Å². The molecule has 0 bridgehead atoms. The summed E-state index contributed by atoms with van der Waals surface area (Å²) in [6.07, 6.45) is 1.47. The molecule has 1 aromatic carbocycles. The fourth-order valence-corrected chi connectivity index (χ4v) is 3.12. The molecule has 2 rings (SSSR count). The summed E-state index contributed by atoms with van der Waals surface area (Å²) in [4.78, 5) is 28.2. The van der Waals surface area contributed by atoms with E-state index >= 15 is 0 Å². The van der Waals surface area contributed by atoms with Gasteiger partial charge in [-0.3, -0.25) is 14.9 Å². The van der Waals surface area contributed by atoms with Gasteiger partial charge in [-0.25, -0.2) is 4.98 Å². The maximum atomic E-state index is 12.6. The zero-order valence-corrected chi connectivity index (χ0v) is 18.8. The molecule has 11 nitrogen and oxygen atoms in total. The van der Waals surface area contributed by atoms with E-state index < -0.39 is 5.91 Å². The molecular formula is C20H30N6O5S. The molecule has 0 fully saturated rings. The first kappa shape index (κ1) is 25.5. The van der Waals surface area contributed by atoms with E-state index in [0.717, 1.165) is 17.0 Å². The Morgan fingerprint density at radius 3 is 2.34 bits per heavy atom. The molecule has 176 valence electrons. The summed E-state index contributed by atoms with van der Waals surface area (Å²) in [5.74, 6) is -0.683. The van der Waals surface area contributed by atoms with Gasteiger partial charge in [0.25, 0.3) is 5.91 Å². The summed E-state index contributed by atoms with van der Waals surface area (Å²) >= 11 is 1.16. The molecule has 32 heavy (non-hydrogen) atoms. The number of carbonyl (C=O) groups is 2. The lowest BCUT2D eigenvalue weighted by molar-refractivity contribution is -0.114. The third-order valence-electron chi connectivity index (χ3n) is 3.90. The minimum Gasteiger partial charge on any atom is -0.389 e. The molecule has 0 unspecified atom stereocenters. The summed E-state index contributed by atoms with van der Waals surface area (Å²) in [6.45, 7) is 5.39. The zero-order chi connectivity index (χ0) is 23.2. The number of anilines is 4. The Hall–Kier alpha value is -2.77. The predicted molar refractivity (Wildman–Crippen MR) is 125 cm³/mol. The molecule has 12 heteroatoms. The van der Waals surface area contributed by atoms with Gasteiger partial charge >= 0.3 is 0 Å². The van der Waals surface area contributed by atoms with Crippen molar-refractivity contribution in [3.05, 3.63) is 30.0 Å². The standard InChI is InChI=1S/C20H30N6O5S/c1-14(27)25-17-12-15(23-5-7-30-9-11-31-10-8-29-6-4-21)2-3-16(17)19(28)26-20-24-13-18(22)32-20/h2-3,12-13,23H,4-11,21-22H2,1H3,(H,25,27)(H,24,26,28). The fraction of sp³-hybridized carbons (Fsp3) is 0.450. The van der Waals surface area contributed by atoms with Crippen molar-refractivity contribution < 1.29 is 23.8 Å². The SMILES string of the molecule is CC(=O)Nc1cc(NCCOCCOCCOCCN)ccc1C(=O)Nc1ncc(N)s1. The van der Waals surface area contributed by atoms with E-state index in [-0.39, 0.29) is 5.91 Å². The Kier molecular flexibility index (Phi) is 11.4. The number of nitrogen functional groups attached to an aromatic ring is 1. The van der Waals surface area contributed by atoms with Crippen molar-refractivity contribution in [2.24, 2.45) is 5.73 Å². The molecule has 0 saturated carbocycles. The normalized spacial score (nSPS) is 10.7. The number of nitrogens with zero attached hydrogens (tertiary/aromatic N) is 1. The summed E-state index contributed by atoms with van der Waals surface area (Å²) in [6, 6.07) is 5.07. The first-order valence-corrected chi connectivity index (χ1v) is 10.9. The Labute approximate surface area is 190 Å². The van der Waals surface area contributed by atoms with E-state index in [4.69, 9.17) is 25.7 Å².